The molecule has 1 atom stereocenters. The monoisotopic (exact) mass is 488 g/mol. The van der Waals surface area contributed by atoms with Crippen molar-refractivity contribution in [1.82, 2.24) is 4.90 Å². The van der Waals surface area contributed by atoms with E-state index in [9.17, 15) is 9.90 Å². The molecule has 27 heavy (non-hydrogen) atoms. The summed E-state index contributed by atoms with van der Waals surface area (Å²) < 4.78 is 1.10. The SMILES string of the molecule is C=C(Nc1cccc2c1C(=O)N(Cc1cccc(I)c1)C2O)c1cccs1. The van der Waals surface area contributed by atoms with Gasteiger partial charge >= 0.3 is 0 Å². The van der Waals surface area contributed by atoms with Gasteiger partial charge in [-0.25, -0.2) is 0 Å². The van der Waals surface area contributed by atoms with Crippen molar-refractivity contribution in [2.75, 3.05) is 5.32 Å². The number of nitrogens with one attached hydrogen (secondary N) is 1. The topological polar surface area (TPSA) is 52.6 Å². The largest absolute Gasteiger partial charge is 0.369 e. The van der Waals surface area contributed by atoms with Gasteiger partial charge in [0.25, 0.3) is 5.91 Å². The minimum atomic E-state index is -0.956. The number of benzene rings is 2. The van der Waals surface area contributed by atoms with E-state index in [1.165, 1.54) is 4.90 Å². The predicted molar refractivity (Wildman–Crippen MR) is 117 cm³/mol. The molecule has 6 heteroatoms. The predicted octanol–water partition coefficient (Wildman–Crippen LogP) is 5.08. The summed E-state index contributed by atoms with van der Waals surface area (Å²) >= 11 is 3.82. The molecule has 2 aromatic carbocycles. The lowest BCUT2D eigenvalue weighted by Crippen LogP contribution is -2.27. The van der Waals surface area contributed by atoms with Gasteiger partial charge in [-0.3, -0.25) is 4.79 Å². The fourth-order valence-corrected chi connectivity index (χ4v) is 4.48. The lowest BCUT2D eigenvalue weighted by Gasteiger charge is -2.21. The molecule has 3 aromatic rings. The van der Waals surface area contributed by atoms with E-state index in [0.717, 1.165) is 19.7 Å². The molecule has 1 unspecified atom stereocenters. The molecular formula is C21H17IN2O2S. The number of thiophene rings is 1. The van der Waals surface area contributed by atoms with E-state index in [1.54, 1.807) is 17.4 Å². The first kappa shape index (κ1) is 18.2. The second-order valence-electron chi connectivity index (χ2n) is 6.29. The molecule has 2 N–H and O–H groups in total. The zero-order valence-electron chi connectivity index (χ0n) is 14.4. The van der Waals surface area contributed by atoms with Crippen LogP contribution in [0.25, 0.3) is 5.70 Å². The number of fused-ring (bicyclic) bond motifs is 1. The van der Waals surface area contributed by atoms with Crippen LogP contribution in [0.5, 0.6) is 0 Å². The minimum absolute atomic E-state index is 0.182. The molecule has 1 aliphatic rings. The Balaban J connectivity index is 1.63. The Morgan fingerprint density at radius 1 is 1.22 bits per heavy atom. The second-order valence-corrected chi connectivity index (χ2v) is 8.48. The lowest BCUT2D eigenvalue weighted by molar-refractivity contribution is 0.0137. The molecule has 0 aliphatic carbocycles. The lowest BCUT2D eigenvalue weighted by atomic mass is 10.1. The summed E-state index contributed by atoms with van der Waals surface area (Å²) in [5, 5.41) is 16.0. The number of anilines is 1. The van der Waals surface area contributed by atoms with E-state index >= 15 is 0 Å². The minimum Gasteiger partial charge on any atom is -0.369 e. The van der Waals surface area contributed by atoms with Crippen molar-refractivity contribution in [2.24, 2.45) is 0 Å². The van der Waals surface area contributed by atoms with Crippen molar-refractivity contribution in [1.29, 1.82) is 0 Å². The van der Waals surface area contributed by atoms with Crippen LogP contribution >= 0.6 is 33.9 Å². The number of nitrogens with zero attached hydrogens (tertiary/aromatic N) is 1. The molecule has 0 spiro atoms. The van der Waals surface area contributed by atoms with E-state index in [0.29, 0.717) is 23.4 Å². The van der Waals surface area contributed by atoms with Gasteiger partial charge < -0.3 is 15.3 Å². The van der Waals surface area contributed by atoms with Crippen LogP contribution in [0, 0.1) is 3.57 Å². The van der Waals surface area contributed by atoms with Crippen LogP contribution in [-0.2, 0) is 6.54 Å². The maximum atomic E-state index is 13.1. The molecule has 1 amide bonds. The fourth-order valence-electron chi connectivity index (χ4n) is 3.22. The van der Waals surface area contributed by atoms with Gasteiger partial charge in [-0.2, -0.15) is 0 Å². The number of carbonyl (C=O) groups is 1. The van der Waals surface area contributed by atoms with Crippen LogP contribution in [0.2, 0.25) is 0 Å². The van der Waals surface area contributed by atoms with Crippen molar-refractivity contribution >= 4 is 51.2 Å². The number of carbonyl (C=O) groups excluding carboxylic acids is 1. The Morgan fingerprint density at radius 3 is 2.78 bits per heavy atom. The highest BCUT2D eigenvalue weighted by molar-refractivity contribution is 14.1. The van der Waals surface area contributed by atoms with Gasteiger partial charge in [-0.1, -0.05) is 36.9 Å². The summed E-state index contributed by atoms with van der Waals surface area (Å²) in [5.74, 6) is -0.182. The first-order valence-corrected chi connectivity index (χ1v) is 10.4. The van der Waals surface area contributed by atoms with Gasteiger partial charge in [0.15, 0.2) is 6.23 Å². The van der Waals surface area contributed by atoms with Crippen molar-refractivity contribution in [3.63, 3.8) is 0 Å². The average molecular weight is 488 g/mol. The highest BCUT2D eigenvalue weighted by Crippen LogP contribution is 2.38. The highest BCUT2D eigenvalue weighted by Gasteiger charge is 2.37. The molecule has 2 heterocycles. The van der Waals surface area contributed by atoms with Crippen molar-refractivity contribution in [3.8, 4) is 0 Å². The Hall–Kier alpha value is -2.16. The molecule has 0 bridgehead atoms. The van der Waals surface area contributed by atoms with Gasteiger partial charge in [0, 0.05) is 26.3 Å². The second kappa shape index (κ2) is 7.46. The molecule has 4 rings (SSSR count). The van der Waals surface area contributed by atoms with E-state index < -0.39 is 6.23 Å². The third-order valence-corrected chi connectivity index (χ3v) is 6.09. The van der Waals surface area contributed by atoms with Crippen molar-refractivity contribution in [2.45, 2.75) is 12.8 Å². The zero-order chi connectivity index (χ0) is 19.0. The number of aliphatic hydroxyl groups excluding tert-OH is 1. The fraction of sp³-hybridized carbons (Fsp3) is 0.0952. The molecule has 0 saturated heterocycles. The van der Waals surface area contributed by atoms with E-state index in [2.05, 4.69) is 34.5 Å². The standard InChI is InChI=1S/C21H17IN2O2S/c1-13(18-9-4-10-27-18)23-17-8-3-7-16-19(17)21(26)24(20(16)25)12-14-5-2-6-15(22)11-14/h2-11,20,23,25H,1,12H2. The number of amides is 1. The van der Waals surface area contributed by atoms with Gasteiger partial charge in [0.05, 0.1) is 11.3 Å². The Morgan fingerprint density at radius 2 is 2.04 bits per heavy atom. The Labute approximate surface area is 175 Å². The van der Waals surface area contributed by atoms with Crippen LogP contribution in [0.15, 0.2) is 66.6 Å². The number of halogens is 1. The third kappa shape index (κ3) is 3.52. The van der Waals surface area contributed by atoms with Gasteiger partial charge in [0.2, 0.25) is 0 Å². The van der Waals surface area contributed by atoms with Crippen LogP contribution in [-0.4, -0.2) is 15.9 Å². The average Bonchev–Trinajstić information content (AvgIpc) is 3.26. The third-order valence-electron chi connectivity index (χ3n) is 4.49. The number of rotatable bonds is 5. The summed E-state index contributed by atoms with van der Waals surface area (Å²) in [7, 11) is 0. The highest BCUT2D eigenvalue weighted by atomic mass is 127. The number of aliphatic hydroxyl groups is 1. The molecule has 136 valence electrons. The quantitative estimate of drug-likeness (QED) is 0.493. The van der Waals surface area contributed by atoms with Crippen molar-refractivity contribution < 1.29 is 9.90 Å². The van der Waals surface area contributed by atoms with Crippen LogP contribution in [0.1, 0.15) is 32.6 Å². The van der Waals surface area contributed by atoms with E-state index in [-0.39, 0.29) is 5.91 Å². The first-order valence-electron chi connectivity index (χ1n) is 8.41. The summed E-state index contributed by atoms with van der Waals surface area (Å²) in [6.07, 6.45) is -0.956. The van der Waals surface area contributed by atoms with Crippen LogP contribution in [0.3, 0.4) is 0 Å². The Bertz CT molecular complexity index is 1020. The molecule has 0 fully saturated rings. The number of hydrogen-bond acceptors (Lipinski definition) is 4. The summed E-state index contributed by atoms with van der Waals surface area (Å²) in [5.41, 5.74) is 3.51. The molecule has 4 nitrogen and oxygen atoms in total. The van der Waals surface area contributed by atoms with Crippen molar-refractivity contribution in [3.05, 3.63) is 91.7 Å². The summed E-state index contributed by atoms with van der Waals surface area (Å²) in [6, 6.07) is 17.3. The normalized spacial score (nSPS) is 15.7. The Kier molecular flexibility index (Phi) is 5.03. The molecule has 1 aliphatic heterocycles. The molecule has 0 radical (unpaired) electrons. The van der Waals surface area contributed by atoms with Gasteiger partial charge in [-0.05, 0) is 57.8 Å². The maximum absolute atomic E-state index is 13.1. The van der Waals surface area contributed by atoms with Crippen LogP contribution < -0.4 is 5.32 Å². The maximum Gasteiger partial charge on any atom is 0.259 e. The van der Waals surface area contributed by atoms with E-state index in [1.807, 2.05) is 53.9 Å². The number of hydrogen-bond donors (Lipinski definition) is 2. The van der Waals surface area contributed by atoms with Gasteiger partial charge in [-0.15, -0.1) is 11.3 Å². The molecule has 0 saturated carbocycles. The van der Waals surface area contributed by atoms with E-state index in [4.69, 9.17) is 0 Å². The summed E-state index contributed by atoms with van der Waals surface area (Å²) in [6.45, 7) is 4.43. The summed E-state index contributed by atoms with van der Waals surface area (Å²) in [4.78, 5) is 15.6. The first-order chi connectivity index (χ1) is 13.0. The zero-order valence-corrected chi connectivity index (χ0v) is 17.3. The van der Waals surface area contributed by atoms with Crippen LogP contribution in [0.4, 0.5) is 5.69 Å². The smallest absolute Gasteiger partial charge is 0.259 e. The molecular weight excluding hydrogens is 471 g/mol. The molecule has 1 aromatic heterocycles. The van der Waals surface area contributed by atoms with Gasteiger partial charge in [0.1, 0.15) is 0 Å².